The molecule has 32 heavy (non-hydrogen) atoms. The molecule has 1 amide bonds. The predicted octanol–water partition coefficient (Wildman–Crippen LogP) is 4.05. The van der Waals surface area contributed by atoms with Crippen LogP contribution in [0.1, 0.15) is 27.0 Å². The van der Waals surface area contributed by atoms with Gasteiger partial charge in [-0.15, -0.1) is 0 Å². The highest BCUT2D eigenvalue weighted by Crippen LogP contribution is 2.27. The van der Waals surface area contributed by atoms with Crippen molar-refractivity contribution in [3.05, 3.63) is 82.9 Å². The molecular formula is C24H26N2O5S. The fraction of sp³-hybridized carbons (Fsp3) is 0.208. The summed E-state index contributed by atoms with van der Waals surface area (Å²) in [6, 6.07) is 17.0. The van der Waals surface area contributed by atoms with Gasteiger partial charge >= 0.3 is 0 Å². The molecule has 3 rings (SSSR count). The lowest BCUT2D eigenvalue weighted by Gasteiger charge is -2.13. The number of anilines is 1. The Hall–Kier alpha value is -3.52. The topological polar surface area (TPSA) is 93.7 Å². The molecule has 0 saturated carbocycles. The van der Waals surface area contributed by atoms with Gasteiger partial charge < -0.3 is 14.8 Å². The Morgan fingerprint density at radius 3 is 2.22 bits per heavy atom. The first-order chi connectivity index (χ1) is 15.2. The molecule has 0 heterocycles. The van der Waals surface area contributed by atoms with Gasteiger partial charge in [0.1, 0.15) is 0 Å². The summed E-state index contributed by atoms with van der Waals surface area (Å²) in [6.45, 7) is 3.86. The van der Waals surface area contributed by atoms with Gasteiger partial charge in [-0.3, -0.25) is 9.52 Å². The third-order valence-electron chi connectivity index (χ3n) is 4.94. The second-order valence-corrected chi connectivity index (χ2v) is 8.97. The molecule has 0 aliphatic carbocycles. The molecule has 0 aliphatic rings. The number of hydrogen-bond acceptors (Lipinski definition) is 5. The van der Waals surface area contributed by atoms with E-state index in [0.29, 0.717) is 22.7 Å². The van der Waals surface area contributed by atoms with Crippen molar-refractivity contribution in [2.45, 2.75) is 25.3 Å². The lowest BCUT2D eigenvalue weighted by molar-refractivity contribution is 0.0950. The van der Waals surface area contributed by atoms with E-state index in [4.69, 9.17) is 9.47 Å². The van der Waals surface area contributed by atoms with Crippen molar-refractivity contribution in [3.63, 3.8) is 0 Å². The van der Waals surface area contributed by atoms with Gasteiger partial charge in [-0.05, 0) is 61.4 Å². The van der Waals surface area contributed by atoms with E-state index in [1.165, 1.54) is 6.07 Å². The molecule has 0 bridgehead atoms. The van der Waals surface area contributed by atoms with Crippen LogP contribution in [0.5, 0.6) is 11.5 Å². The maximum atomic E-state index is 12.9. The van der Waals surface area contributed by atoms with Gasteiger partial charge in [0.05, 0.1) is 19.1 Å². The lowest BCUT2D eigenvalue weighted by Crippen LogP contribution is -2.23. The zero-order valence-corrected chi connectivity index (χ0v) is 19.2. The summed E-state index contributed by atoms with van der Waals surface area (Å²) in [5.74, 6) is 0.772. The summed E-state index contributed by atoms with van der Waals surface area (Å²) >= 11 is 0. The minimum absolute atomic E-state index is 0.0526. The van der Waals surface area contributed by atoms with E-state index in [0.717, 1.165) is 11.1 Å². The Morgan fingerprint density at radius 2 is 1.56 bits per heavy atom. The van der Waals surface area contributed by atoms with Crippen LogP contribution in [0.25, 0.3) is 0 Å². The summed E-state index contributed by atoms with van der Waals surface area (Å²) in [4.78, 5) is 12.8. The average molecular weight is 455 g/mol. The number of amides is 1. The average Bonchev–Trinajstić information content (AvgIpc) is 2.78. The van der Waals surface area contributed by atoms with Crippen LogP contribution in [-0.4, -0.2) is 28.5 Å². The van der Waals surface area contributed by atoms with Gasteiger partial charge in [-0.25, -0.2) is 8.42 Å². The van der Waals surface area contributed by atoms with Crippen LogP contribution < -0.4 is 19.5 Å². The second kappa shape index (κ2) is 9.74. The van der Waals surface area contributed by atoms with Crippen LogP contribution in [0.3, 0.4) is 0 Å². The molecule has 0 unspecified atom stereocenters. The minimum Gasteiger partial charge on any atom is -0.493 e. The summed E-state index contributed by atoms with van der Waals surface area (Å²) < 4.78 is 38.9. The molecule has 3 aromatic carbocycles. The molecule has 0 aromatic heterocycles. The van der Waals surface area contributed by atoms with Crippen molar-refractivity contribution in [2.24, 2.45) is 0 Å². The lowest BCUT2D eigenvalue weighted by atomic mass is 10.1. The number of hydrogen-bond donors (Lipinski definition) is 2. The third-order valence-corrected chi connectivity index (χ3v) is 6.47. The minimum atomic E-state index is -3.86. The number of ether oxygens (including phenoxy) is 2. The number of benzene rings is 3. The maximum Gasteiger partial charge on any atom is 0.262 e. The summed E-state index contributed by atoms with van der Waals surface area (Å²) in [5, 5.41) is 2.81. The second-order valence-electron chi connectivity index (χ2n) is 7.32. The van der Waals surface area contributed by atoms with Crippen LogP contribution in [0, 0.1) is 13.8 Å². The zero-order valence-electron chi connectivity index (χ0n) is 18.4. The van der Waals surface area contributed by atoms with Crippen LogP contribution in [0.15, 0.2) is 65.6 Å². The number of carbonyl (C=O) groups is 1. The third kappa shape index (κ3) is 5.39. The summed E-state index contributed by atoms with van der Waals surface area (Å²) in [5.41, 5.74) is 3.09. The number of nitrogens with one attached hydrogen (secondary N) is 2. The van der Waals surface area contributed by atoms with Crippen molar-refractivity contribution in [2.75, 3.05) is 18.9 Å². The number of methoxy groups -OCH3 is 2. The normalized spacial score (nSPS) is 11.0. The van der Waals surface area contributed by atoms with Crippen LogP contribution in [0.4, 0.5) is 5.69 Å². The van der Waals surface area contributed by atoms with Crippen molar-refractivity contribution < 1.29 is 22.7 Å². The molecule has 3 aromatic rings. The number of aryl methyl sites for hydroxylation is 2. The molecule has 7 nitrogen and oxygen atoms in total. The zero-order chi connectivity index (χ0) is 23.3. The summed E-state index contributed by atoms with van der Waals surface area (Å²) in [7, 11) is -0.765. The standard InChI is InChI=1S/C24H26N2O5S/c1-16-5-10-20(11-6-16)26-32(28,29)23-14-19(9-7-17(23)2)24(27)25-15-18-8-12-21(30-3)22(13-18)31-4/h5-14,26H,15H2,1-4H3,(H,25,27). The maximum absolute atomic E-state index is 12.9. The highest BCUT2D eigenvalue weighted by molar-refractivity contribution is 7.92. The van der Waals surface area contributed by atoms with E-state index in [1.54, 1.807) is 57.5 Å². The first-order valence-corrected chi connectivity index (χ1v) is 11.4. The van der Waals surface area contributed by atoms with Crippen molar-refractivity contribution in [1.29, 1.82) is 0 Å². The fourth-order valence-electron chi connectivity index (χ4n) is 3.14. The predicted molar refractivity (Wildman–Crippen MR) is 124 cm³/mol. The first kappa shape index (κ1) is 23.1. The highest BCUT2D eigenvalue weighted by atomic mass is 32.2. The first-order valence-electron chi connectivity index (χ1n) is 9.92. The molecule has 0 radical (unpaired) electrons. The Balaban J connectivity index is 1.77. The fourth-order valence-corrected chi connectivity index (χ4v) is 4.47. The summed E-state index contributed by atoms with van der Waals surface area (Å²) in [6.07, 6.45) is 0. The highest BCUT2D eigenvalue weighted by Gasteiger charge is 2.19. The molecule has 168 valence electrons. The largest absolute Gasteiger partial charge is 0.493 e. The van der Waals surface area contributed by atoms with Crippen LogP contribution in [-0.2, 0) is 16.6 Å². The molecule has 2 N–H and O–H groups in total. The molecular weight excluding hydrogens is 428 g/mol. The van der Waals surface area contributed by atoms with Gasteiger partial charge in [0.25, 0.3) is 15.9 Å². The van der Waals surface area contributed by atoms with Crippen molar-refractivity contribution in [1.82, 2.24) is 5.32 Å². The van der Waals surface area contributed by atoms with Gasteiger partial charge in [0.2, 0.25) is 0 Å². The van der Waals surface area contributed by atoms with Crippen LogP contribution >= 0.6 is 0 Å². The molecule has 0 fully saturated rings. The van der Waals surface area contributed by atoms with Gasteiger partial charge in [0, 0.05) is 17.8 Å². The van der Waals surface area contributed by atoms with Crippen LogP contribution in [0.2, 0.25) is 0 Å². The number of sulfonamides is 1. The molecule has 8 heteroatoms. The monoisotopic (exact) mass is 454 g/mol. The van der Waals surface area contributed by atoms with E-state index in [-0.39, 0.29) is 22.9 Å². The van der Waals surface area contributed by atoms with Crippen molar-refractivity contribution >= 4 is 21.6 Å². The Labute approximate surface area is 188 Å². The Morgan fingerprint density at radius 1 is 0.875 bits per heavy atom. The van der Waals surface area contributed by atoms with Gasteiger partial charge in [-0.1, -0.05) is 29.8 Å². The number of carbonyl (C=O) groups excluding carboxylic acids is 1. The SMILES string of the molecule is COc1ccc(CNC(=O)c2ccc(C)c(S(=O)(=O)Nc3ccc(C)cc3)c2)cc1OC. The van der Waals surface area contributed by atoms with E-state index in [2.05, 4.69) is 10.0 Å². The van der Waals surface area contributed by atoms with Gasteiger partial charge in [-0.2, -0.15) is 0 Å². The van der Waals surface area contributed by atoms with Gasteiger partial charge in [0.15, 0.2) is 11.5 Å². The quantitative estimate of drug-likeness (QED) is 0.536. The smallest absolute Gasteiger partial charge is 0.262 e. The number of rotatable bonds is 8. The van der Waals surface area contributed by atoms with E-state index in [1.807, 2.05) is 25.1 Å². The van der Waals surface area contributed by atoms with E-state index in [9.17, 15) is 13.2 Å². The molecule has 0 spiro atoms. The molecule has 0 saturated heterocycles. The Bertz CT molecular complexity index is 1220. The molecule has 0 atom stereocenters. The van der Waals surface area contributed by atoms with E-state index < -0.39 is 10.0 Å². The van der Waals surface area contributed by atoms with E-state index >= 15 is 0 Å². The Kier molecular flexibility index (Phi) is 7.05. The van der Waals surface area contributed by atoms with Crippen molar-refractivity contribution in [3.8, 4) is 11.5 Å². The molecule has 0 aliphatic heterocycles.